The number of anilines is 2. The quantitative estimate of drug-likeness (QED) is 0.843. The van der Waals surface area contributed by atoms with Crippen molar-refractivity contribution in [2.45, 2.75) is 38.1 Å². The number of aromatic nitrogens is 2. The van der Waals surface area contributed by atoms with Gasteiger partial charge in [-0.15, -0.1) is 0 Å². The maximum absolute atomic E-state index is 10.7. The second-order valence-corrected chi connectivity index (χ2v) is 4.99. The van der Waals surface area contributed by atoms with Crippen LogP contribution in [0, 0.1) is 0 Å². The fraction of sp³-hybridized carbons (Fsp3) is 0.615. The highest BCUT2D eigenvalue weighted by Crippen LogP contribution is 2.21. The van der Waals surface area contributed by atoms with Crippen LogP contribution in [0.1, 0.15) is 32.1 Å². The summed E-state index contributed by atoms with van der Waals surface area (Å²) in [4.78, 5) is 20.6. The van der Waals surface area contributed by atoms with Gasteiger partial charge in [0.15, 0.2) is 0 Å². The van der Waals surface area contributed by atoms with Crippen LogP contribution < -0.4 is 10.2 Å². The third-order valence-corrected chi connectivity index (χ3v) is 3.37. The summed E-state index contributed by atoms with van der Waals surface area (Å²) in [5, 5.41) is 12.2. The molecule has 0 atom stereocenters. The predicted molar refractivity (Wildman–Crippen MR) is 73.4 cm³/mol. The molecule has 1 saturated carbocycles. The number of nitrogens with one attached hydrogen (secondary N) is 1. The van der Waals surface area contributed by atoms with Crippen LogP contribution in [-0.2, 0) is 4.79 Å². The Labute approximate surface area is 112 Å². The van der Waals surface area contributed by atoms with Crippen molar-refractivity contribution in [2.75, 3.05) is 23.8 Å². The fourth-order valence-electron chi connectivity index (χ4n) is 2.37. The molecule has 1 fully saturated rings. The summed E-state index contributed by atoms with van der Waals surface area (Å²) in [7, 11) is 1.71. The first-order valence-corrected chi connectivity index (χ1v) is 6.66. The molecule has 1 aliphatic carbocycles. The highest BCUT2D eigenvalue weighted by molar-refractivity contribution is 5.73. The summed E-state index contributed by atoms with van der Waals surface area (Å²) in [5.74, 6) is 0.521. The van der Waals surface area contributed by atoms with Crippen molar-refractivity contribution in [1.29, 1.82) is 0 Å². The Morgan fingerprint density at radius 1 is 1.42 bits per heavy atom. The maximum atomic E-state index is 10.7. The van der Waals surface area contributed by atoms with Gasteiger partial charge in [0, 0.05) is 19.2 Å². The summed E-state index contributed by atoms with van der Waals surface area (Å²) in [6.07, 6.45) is 7.64. The van der Waals surface area contributed by atoms with Crippen LogP contribution in [0.4, 0.5) is 11.6 Å². The van der Waals surface area contributed by atoms with E-state index in [2.05, 4.69) is 15.3 Å². The van der Waals surface area contributed by atoms with E-state index < -0.39 is 5.97 Å². The molecule has 0 aliphatic heterocycles. The molecular weight excluding hydrogens is 244 g/mol. The SMILES string of the molecule is CN(CC(=O)O)c1cc(NC2CCCCC2)ncn1. The summed E-state index contributed by atoms with van der Waals surface area (Å²) < 4.78 is 0. The average molecular weight is 264 g/mol. The van der Waals surface area contributed by atoms with Gasteiger partial charge >= 0.3 is 5.97 Å². The molecule has 19 heavy (non-hydrogen) atoms. The molecule has 0 saturated heterocycles. The summed E-state index contributed by atoms with van der Waals surface area (Å²) in [6.45, 7) is -0.0696. The zero-order valence-electron chi connectivity index (χ0n) is 11.2. The normalized spacial score (nSPS) is 16.1. The molecule has 0 unspecified atom stereocenters. The summed E-state index contributed by atoms with van der Waals surface area (Å²) >= 11 is 0. The molecule has 1 aromatic rings. The molecule has 2 N–H and O–H groups in total. The molecule has 1 aliphatic rings. The van der Waals surface area contributed by atoms with E-state index in [1.807, 2.05) is 0 Å². The fourth-order valence-corrected chi connectivity index (χ4v) is 2.37. The highest BCUT2D eigenvalue weighted by Gasteiger charge is 2.14. The molecule has 0 bridgehead atoms. The molecule has 0 spiro atoms. The lowest BCUT2D eigenvalue weighted by molar-refractivity contribution is -0.135. The average Bonchev–Trinajstić information content (AvgIpc) is 2.39. The van der Waals surface area contributed by atoms with Crippen LogP contribution in [0.2, 0.25) is 0 Å². The standard InChI is InChI=1S/C13H20N4O2/c1-17(8-13(18)19)12-7-11(14-9-15-12)16-10-5-3-2-4-6-10/h7,9-10H,2-6,8H2,1H3,(H,18,19)(H,14,15,16). The van der Waals surface area contributed by atoms with Gasteiger partial charge in [-0.1, -0.05) is 19.3 Å². The van der Waals surface area contributed by atoms with Crippen molar-refractivity contribution in [3.05, 3.63) is 12.4 Å². The molecule has 6 nitrogen and oxygen atoms in total. The minimum absolute atomic E-state index is 0.0696. The van der Waals surface area contributed by atoms with Crippen molar-refractivity contribution in [2.24, 2.45) is 0 Å². The largest absolute Gasteiger partial charge is 0.480 e. The predicted octanol–water partition coefficient (Wildman–Crippen LogP) is 1.74. The van der Waals surface area contributed by atoms with Crippen molar-refractivity contribution >= 4 is 17.6 Å². The lowest BCUT2D eigenvalue weighted by atomic mass is 9.95. The maximum Gasteiger partial charge on any atom is 0.323 e. The van der Waals surface area contributed by atoms with Gasteiger partial charge < -0.3 is 15.3 Å². The number of nitrogens with zero attached hydrogens (tertiary/aromatic N) is 3. The number of hydrogen-bond donors (Lipinski definition) is 2. The van der Waals surface area contributed by atoms with Gasteiger partial charge in [0.25, 0.3) is 0 Å². The molecule has 1 heterocycles. The van der Waals surface area contributed by atoms with Crippen LogP contribution in [0.5, 0.6) is 0 Å². The number of carboxylic acids is 1. The van der Waals surface area contributed by atoms with Gasteiger partial charge in [-0.25, -0.2) is 9.97 Å². The topological polar surface area (TPSA) is 78.4 Å². The molecule has 1 aromatic heterocycles. The number of hydrogen-bond acceptors (Lipinski definition) is 5. The molecule has 2 rings (SSSR count). The van der Waals surface area contributed by atoms with Gasteiger partial charge in [-0.2, -0.15) is 0 Å². The van der Waals surface area contributed by atoms with Crippen molar-refractivity contribution in [3.63, 3.8) is 0 Å². The lowest BCUT2D eigenvalue weighted by Gasteiger charge is -2.24. The van der Waals surface area contributed by atoms with E-state index in [-0.39, 0.29) is 6.54 Å². The van der Waals surface area contributed by atoms with Crippen molar-refractivity contribution in [3.8, 4) is 0 Å². The van der Waals surface area contributed by atoms with E-state index in [1.54, 1.807) is 18.0 Å². The number of carboxylic acid groups (broad SMARTS) is 1. The minimum atomic E-state index is -0.872. The van der Waals surface area contributed by atoms with Crippen LogP contribution >= 0.6 is 0 Å². The number of aliphatic carboxylic acids is 1. The van der Waals surface area contributed by atoms with E-state index in [0.29, 0.717) is 11.9 Å². The second kappa shape index (κ2) is 6.36. The number of rotatable bonds is 5. The Morgan fingerprint density at radius 2 is 2.16 bits per heavy atom. The molecule has 104 valence electrons. The summed E-state index contributed by atoms with van der Waals surface area (Å²) in [5.41, 5.74) is 0. The zero-order valence-corrected chi connectivity index (χ0v) is 11.2. The highest BCUT2D eigenvalue weighted by atomic mass is 16.4. The third kappa shape index (κ3) is 4.08. The first-order valence-electron chi connectivity index (χ1n) is 6.66. The monoisotopic (exact) mass is 264 g/mol. The third-order valence-electron chi connectivity index (χ3n) is 3.37. The molecule has 0 aromatic carbocycles. The molecule has 0 radical (unpaired) electrons. The Morgan fingerprint density at radius 3 is 2.84 bits per heavy atom. The Kier molecular flexibility index (Phi) is 4.54. The van der Waals surface area contributed by atoms with Crippen LogP contribution in [0.15, 0.2) is 12.4 Å². The van der Waals surface area contributed by atoms with E-state index in [4.69, 9.17) is 5.11 Å². The van der Waals surface area contributed by atoms with Crippen molar-refractivity contribution < 1.29 is 9.90 Å². The Hall–Kier alpha value is -1.85. The van der Waals surface area contributed by atoms with Gasteiger partial charge in [0.2, 0.25) is 0 Å². The van der Waals surface area contributed by atoms with Crippen molar-refractivity contribution in [1.82, 2.24) is 9.97 Å². The first-order chi connectivity index (χ1) is 9.15. The molecule has 0 amide bonds. The van der Waals surface area contributed by atoms with Gasteiger partial charge in [0.1, 0.15) is 24.5 Å². The van der Waals surface area contributed by atoms with Gasteiger partial charge in [0.05, 0.1) is 0 Å². The Balaban J connectivity index is 1.99. The molecule has 6 heteroatoms. The van der Waals surface area contributed by atoms with E-state index in [1.165, 1.54) is 38.4 Å². The van der Waals surface area contributed by atoms with Crippen LogP contribution in [0.3, 0.4) is 0 Å². The number of likely N-dealkylation sites (N-methyl/N-ethyl adjacent to an activating group) is 1. The van der Waals surface area contributed by atoms with E-state index >= 15 is 0 Å². The zero-order chi connectivity index (χ0) is 13.7. The second-order valence-electron chi connectivity index (χ2n) is 4.99. The van der Waals surface area contributed by atoms with Crippen LogP contribution in [0.25, 0.3) is 0 Å². The van der Waals surface area contributed by atoms with Gasteiger partial charge in [-0.3, -0.25) is 4.79 Å². The minimum Gasteiger partial charge on any atom is -0.480 e. The van der Waals surface area contributed by atoms with Gasteiger partial charge in [-0.05, 0) is 12.8 Å². The Bertz CT molecular complexity index is 432. The van der Waals surface area contributed by atoms with E-state index in [9.17, 15) is 4.79 Å². The first kappa shape index (κ1) is 13.6. The van der Waals surface area contributed by atoms with Crippen LogP contribution in [-0.4, -0.2) is 40.7 Å². The number of carbonyl (C=O) groups is 1. The van der Waals surface area contributed by atoms with E-state index in [0.717, 1.165) is 5.82 Å². The molecular formula is C13H20N4O2. The summed E-state index contributed by atoms with van der Waals surface area (Å²) in [6, 6.07) is 2.28. The lowest BCUT2D eigenvalue weighted by Crippen LogP contribution is -2.27. The smallest absolute Gasteiger partial charge is 0.323 e.